The summed E-state index contributed by atoms with van der Waals surface area (Å²) in [5.41, 5.74) is -0.177. The third kappa shape index (κ3) is 4.16. The fourth-order valence-corrected chi connectivity index (χ4v) is 2.81. The molecule has 1 aliphatic carbocycles. The van der Waals surface area contributed by atoms with E-state index in [1.807, 2.05) is 0 Å². The van der Waals surface area contributed by atoms with Crippen LogP contribution in [0, 0.1) is 11.6 Å². The summed E-state index contributed by atoms with van der Waals surface area (Å²) in [6, 6.07) is 2.26. The molecule has 1 fully saturated rings. The predicted molar refractivity (Wildman–Crippen MR) is 79.5 cm³/mol. The number of anilines is 1. The highest BCUT2D eigenvalue weighted by molar-refractivity contribution is 5.94. The van der Waals surface area contributed by atoms with Gasteiger partial charge in [0.15, 0.2) is 0 Å². The van der Waals surface area contributed by atoms with Crippen LogP contribution in [0.4, 0.5) is 14.5 Å². The molecule has 0 bridgehead atoms. The van der Waals surface area contributed by atoms with Crippen molar-refractivity contribution in [2.75, 3.05) is 12.4 Å². The van der Waals surface area contributed by atoms with Crippen LogP contribution < -0.4 is 10.6 Å². The molecule has 1 aliphatic rings. The van der Waals surface area contributed by atoms with Gasteiger partial charge in [0.25, 0.3) is 5.91 Å². The Morgan fingerprint density at radius 2 is 1.57 bits per heavy atom. The Morgan fingerprint density at radius 3 is 2.10 bits per heavy atom. The van der Waals surface area contributed by atoms with E-state index in [1.165, 1.54) is 26.3 Å². The van der Waals surface area contributed by atoms with E-state index < -0.39 is 17.5 Å². The van der Waals surface area contributed by atoms with Gasteiger partial charge in [-0.15, -0.1) is 0 Å². The van der Waals surface area contributed by atoms with E-state index in [2.05, 4.69) is 10.6 Å². The van der Waals surface area contributed by atoms with Crippen molar-refractivity contribution >= 4 is 11.6 Å². The summed E-state index contributed by atoms with van der Waals surface area (Å²) in [5.74, 6) is -1.90. The summed E-state index contributed by atoms with van der Waals surface area (Å²) in [4.78, 5) is 12.2. The van der Waals surface area contributed by atoms with E-state index in [0.29, 0.717) is 0 Å². The van der Waals surface area contributed by atoms with Gasteiger partial charge in [-0.05, 0) is 25.0 Å². The number of nitrogens with one attached hydrogen (secondary N) is 2. The Bertz CT molecular complexity index is 474. The molecule has 0 saturated heterocycles. The van der Waals surface area contributed by atoms with Crippen molar-refractivity contribution in [1.29, 1.82) is 0 Å². The van der Waals surface area contributed by atoms with Crippen LogP contribution in [0.1, 0.15) is 55.3 Å². The maximum atomic E-state index is 13.7. The van der Waals surface area contributed by atoms with Crippen molar-refractivity contribution < 1.29 is 13.6 Å². The van der Waals surface area contributed by atoms with Crippen LogP contribution in [-0.2, 0) is 0 Å². The Balaban J connectivity index is 2.05. The van der Waals surface area contributed by atoms with E-state index in [9.17, 15) is 13.6 Å². The van der Waals surface area contributed by atoms with Crippen LogP contribution in [0.15, 0.2) is 12.1 Å². The van der Waals surface area contributed by atoms with Crippen molar-refractivity contribution in [1.82, 2.24) is 5.32 Å². The second kappa shape index (κ2) is 7.38. The zero-order valence-electron chi connectivity index (χ0n) is 12.3. The minimum Gasteiger partial charge on any atom is -0.383 e. The minimum absolute atomic E-state index is 0.0334. The van der Waals surface area contributed by atoms with Gasteiger partial charge in [-0.1, -0.05) is 32.1 Å². The number of amides is 1. The van der Waals surface area contributed by atoms with Crippen LogP contribution >= 0.6 is 0 Å². The monoisotopic (exact) mass is 296 g/mol. The average Bonchev–Trinajstić information content (AvgIpc) is 2.41. The molecule has 0 radical (unpaired) electrons. The number of carbonyl (C=O) groups excluding carboxylic acids is 1. The third-order valence-corrected chi connectivity index (χ3v) is 3.99. The molecule has 0 heterocycles. The molecule has 0 aromatic heterocycles. The molecule has 1 aromatic carbocycles. The number of carbonyl (C=O) groups is 1. The number of rotatable bonds is 3. The summed E-state index contributed by atoms with van der Waals surface area (Å²) in [6.45, 7) is 0. The van der Waals surface area contributed by atoms with Crippen LogP contribution in [-0.4, -0.2) is 19.0 Å². The summed E-state index contributed by atoms with van der Waals surface area (Å²) in [5, 5.41) is 5.35. The van der Waals surface area contributed by atoms with Gasteiger partial charge in [0, 0.05) is 18.7 Å². The molecule has 116 valence electrons. The third-order valence-electron chi connectivity index (χ3n) is 3.99. The molecule has 5 heteroatoms. The fourth-order valence-electron chi connectivity index (χ4n) is 2.81. The maximum Gasteiger partial charge on any atom is 0.251 e. The average molecular weight is 296 g/mol. The summed E-state index contributed by atoms with van der Waals surface area (Å²) < 4.78 is 27.4. The van der Waals surface area contributed by atoms with E-state index in [0.717, 1.165) is 37.8 Å². The van der Waals surface area contributed by atoms with Gasteiger partial charge < -0.3 is 10.6 Å². The number of halogens is 2. The Morgan fingerprint density at radius 1 is 1.05 bits per heavy atom. The molecule has 0 atom stereocenters. The molecular weight excluding hydrogens is 274 g/mol. The van der Waals surface area contributed by atoms with Crippen molar-refractivity contribution in [3.8, 4) is 0 Å². The molecule has 2 rings (SSSR count). The highest BCUT2D eigenvalue weighted by atomic mass is 19.1. The SMILES string of the molecule is CNc1c(F)cc(C(=O)NC2CCCCCCC2)cc1F. The van der Waals surface area contributed by atoms with E-state index in [4.69, 9.17) is 0 Å². The lowest BCUT2D eigenvalue weighted by Crippen LogP contribution is -2.35. The lowest BCUT2D eigenvalue weighted by molar-refractivity contribution is 0.0929. The molecule has 1 amide bonds. The van der Waals surface area contributed by atoms with Gasteiger partial charge in [-0.3, -0.25) is 4.79 Å². The molecule has 0 unspecified atom stereocenters. The quantitative estimate of drug-likeness (QED) is 0.889. The second-order valence-electron chi connectivity index (χ2n) is 5.58. The number of hydrogen-bond donors (Lipinski definition) is 2. The smallest absolute Gasteiger partial charge is 0.251 e. The van der Waals surface area contributed by atoms with Crippen molar-refractivity contribution in [3.05, 3.63) is 29.3 Å². The molecule has 3 nitrogen and oxygen atoms in total. The van der Waals surface area contributed by atoms with Crippen molar-refractivity contribution in [3.63, 3.8) is 0 Å². The maximum absolute atomic E-state index is 13.7. The normalized spacial score (nSPS) is 16.9. The number of hydrogen-bond acceptors (Lipinski definition) is 2. The van der Waals surface area contributed by atoms with Gasteiger partial charge >= 0.3 is 0 Å². The Kier molecular flexibility index (Phi) is 5.53. The fraction of sp³-hybridized carbons (Fsp3) is 0.562. The van der Waals surface area contributed by atoms with Gasteiger partial charge in [0.1, 0.15) is 17.3 Å². The minimum atomic E-state index is -0.750. The van der Waals surface area contributed by atoms with Gasteiger partial charge in [0.2, 0.25) is 0 Å². The van der Waals surface area contributed by atoms with E-state index in [-0.39, 0.29) is 17.3 Å². The van der Waals surface area contributed by atoms with Crippen LogP contribution in [0.25, 0.3) is 0 Å². The van der Waals surface area contributed by atoms with Crippen LogP contribution in [0.5, 0.6) is 0 Å². The molecule has 1 aromatic rings. The molecule has 1 saturated carbocycles. The number of benzene rings is 1. The van der Waals surface area contributed by atoms with E-state index >= 15 is 0 Å². The molecule has 2 N–H and O–H groups in total. The second-order valence-corrected chi connectivity index (χ2v) is 5.58. The first-order valence-electron chi connectivity index (χ1n) is 7.59. The zero-order chi connectivity index (χ0) is 15.2. The topological polar surface area (TPSA) is 41.1 Å². The van der Waals surface area contributed by atoms with Gasteiger partial charge in [-0.25, -0.2) is 8.78 Å². The first-order valence-corrected chi connectivity index (χ1v) is 7.59. The highest BCUT2D eigenvalue weighted by Gasteiger charge is 2.18. The van der Waals surface area contributed by atoms with Crippen molar-refractivity contribution in [2.24, 2.45) is 0 Å². The Hall–Kier alpha value is -1.65. The molecule has 0 spiro atoms. The van der Waals surface area contributed by atoms with Crippen LogP contribution in [0.3, 0.4) is 0 Å². The lowest BCUT2D eigenvalue weighted by Gasteiger charge is -2.21. The largest absolute Gasteiger partial charge is 0.383 e. The standard InChI is InChI=1S/C16H22F2N2O/c1-19-15-13(17)9-11(10-14(15)18)16(21)20-12-7-5-3-2-4-6-8-12/h9-10,12,19H,2-8H2,1H3,(H,20,21). The van der Waals surface area contributed by atoms with Gasteiger partial charge in [-0.2, -0.15) is 0 Å². The summed E-state index contributed by atoms with van der Waals surface area (Å²) in [6.07, 6.45) is 7.68. The van der Waals surface area contributed by atoms with Gasteiger partial charge in [0.05, 0.1) is 0 Å². The van der Waals surface area contributed by atoms with Crippen molar-refractivity contribution in [2.45, 2.75) is 51.0 Å². The molecule has 21 heavy (non-hydrogen) atoms. The zero-order valence-corrected chi connectivity index (χ0v) is 12.3. The Labute approximate surface area is 124 Å². The first kappa shape index (κ1) is 15.7. The molecule has 0 aliphatic heterocycles. The lowest BCUT2D eigenvalue weighted by atomic mass is 9.96. The van der Waals surface area contributed by atoms with E-state index in [1.54, 1.807) is 0 Å². The predicted octanol–water partition coefficient (Wildman–Crippen LogP) is 3.85. The van der Waals surface area contributed by atoms with Crippen LogP contribution in [0.2, 0.25) is 0 Å². The molecular formula is C16H22F2N2O. The summed E-state index contributed by atoms with van der Waals surface area (Å²) in [7, 11) is 1.44. The highest BCUT2D eigenvalue weighted by Crippen LogP contribution is 2.21. The first-order chi connectivity index (χ1) is 10.1. The summed E-state index contributed by atoms with van der Waals surface area (Å²) >= 11 is 0.